The number of likely N-dealkylation sites (tertiary alicyclic amines) is 1. The highest BCUT2D eigenvalue weighted by atomic mass is 127. The molecule has 1 aromatic carbocycles. The highest BCUT2D eigenvalue weighted by Crippen LogP contribution is 2.11. The second kappa shape index (κ2) is 6.36. The van der Waals surface area contributed by atoms with Crippen LogP contribution in [0.4, 0.5) is 0 Å². The van der Waals surface area contributed by atoms with Crippen molar-refractivity contribution in [3.63, 3.8) is 0 Å². The van der Waals surface area contributed by atoms with Crippen molar-refractivity contribution >= 4 is 34.4 Å². The largest absolute Gasteiger partial charge is 0.341 e. The fourth-order valence-corrected chi connectivity index (χ4v) is 2.51. The number of hydrogen-bond acceptors (Lipinski definition) is 2. The lowest BCUT2D eigenvalue weighted by molar-refractivity contribution is -0.130. The van der Waals surface area contributed by atoms with Crippen LogP contribution in [0.2, 0.25) is 0 Å². The molecule has 0 aliphatic carbocycles. The Hall–Kier alpha value is -1.11. The normalized spacial score (nSPS) is 14.5. The van der Waals surface area contributed by atoms with Crippen LogP contribution in [-0.4, -0.2) is 48.3 Å². The van der Waals surface area contributed by atoms with E-state index in [9.17, 15) is 9.59 Å². The lowest BCUT2D eigenvalue weighted by Crippen LogP contribution is -2.39. The minimum absolute atomic E-state index is 0.0406. The Labute approximate surface area is 126 Å². The number of rotatable bonds is 3. The van der Waals surface area contributed by atoms with Crippen molar-refractivity contribution in [1.82, 2.24) is 9.80 Å². The maximum absolute atomic E-state index is 12.2. The molecule has 1 aliphatic heterocycles. The van der Waals surface area contributed by atoms with E-state index < -0.39 is 0 Å². The van der Waals surface area contributed by atoms with Crippen molar-refractivity contribution in [3.8, 4) is 0 Å². The maximum atomic E-state index is 12.2. The molecule has 0 spiro atoms. The van der Waals surface area contributed by atoms with E-state index in [0.29, 0.717) is 5.56 Å². The zero-order chi connectivity index (χ0) is 13.8. The Bertz CT molecular complexity index is 467. The first kappa shape index (κ1) is 14.3. The first-order chi connectivity index (χ1) is 9.08. The summed E-state index contributed by atoms with van der Waals surface area (Å²) in [4.78, 5) is 27.5. The zero-order valence-corrected chi connectivity index (χ0v) is 13.1. The maximum Gasteiger partial charge on any atom is 0.254 e. The fourth-order valence-electron chi connectivity index (χ4n) is 2.15. The highest BCUT2D eigenvalue weighted by molar-refractivity contribution is 14.1. The summed E-state index contributed by atoms with van der Waals surface area (Å²) in [6, 6.07) is 7.37. The molecule has 4 nitrogen and oxygen atoms in total. The van der Waals surface area contributed by atoms with Crippen LogP contribution in [0.25, 0.3) is 0 Å². The van der Waals surface area contributed by atoms with Crippen molar-refractivity contribution in [2.24, 2.45) is 0 Å². The van der Waals surface area contributed by atoms with Crippen LogP contribution in [-0.2, 0) is 4.79 Å². The summed E-state index contributed by atoms with van der Waals surface area (Å²) in [5.41, 5.74) is 0.622. The van der Waals surface area contributed by atoms with Crippen molar-refractivity contribution in [2.75, 3.05) is 26.7 Å². The monoisotopic (exact) mass is 372 g/mol. The van der Waals surface area contributed by atoms with Crippen LogP contribution in [0.5, 0.6) is 0 Å². The summed E-state index contributed by atoms with van der Waals surface area (Å²) in [6.07, 6.45) is 2.14. The second-order valence-electron chi connectivity index (χ2n) is 4.76. The summed E-state index contributed by atoms with van der Waals surface area (Å²) < 4.78 is 1.09. The first-order valence-corrected chi connectivity index (χ1v) is 7.44. The van der Waals surface area contributed by atoms with Gasteiger partial charge in [0.25, 0.3) is 5.91 Å². The Kier molecular flexibility index (Phi) is 4.79. The second-order valence-corrected chi connectivity index (χ2v) is 6.00. The minimum atomic E-state index is -0.107. The molecule has 0 bridgehead atoms. The van der Waals surface area contributed by atoms with Gasteiger partial charge in [-0.05, 0) is 59.7 Å². The summed E-state index contributed by atoms with van der Waals surface area (Å²) in [7, 11) is 1.67. The smallest absolute Gasteiger partial charge is 0.254 e. The molecular weight excluding hydrogens is 355 g/mol. The molecule has 0 unspecified atom stereocenters. The number of carbonyl (C=O) groups excluding carboxylic acids is 2. The van der Waals surface area contributed by atoms with Gasteiger partial charge in [0.05, 0.1) is 6.54 Å². The van der Waals surface area contributed by atoms with Gasteiger partial charge < -0.3 is 9.80 Å². The van der Waals surface area contributed by atoms with Gasteiger partial charge in [0, 0.05) is 29.3 Å². The van der Waals surface area contributed by atoms with Crippen molar-refractivity contribution in [2.45, 2.75) is 12.8 Å². The highest BCUT2D eigenvalue weighted by Gasteiger charge is 2.21. The van der Waals surface area contributed by atoms with Crippen LogP contribution in [0.1, 0.15) is 23.2 Å². The third kappa shape index (κ3) is 3.68. The molecule has 1 heterocycles. The predicted molar refractivity (Wildman–Crippen MR) is 81.9 cm³/mol. The Balaban J connectivity index is 1.95. The lowest BCUT2D eigenvalue weighted by atomic mass is 10.2. The number of likely N-dealkylation sites (N-methyl/N-ethyl adjacent to an activating group) is 1. The van der Waals surface area contributed by atoms with Gasteiger partial charge in [-0.25, -0.2) is 0 Å². The molecule has 102 valence electrons. The van der Waals surface area contributed by atoms with Crippen molar-refractivity contribution in [1.29, 1.82) is 0 Å². The molecule has 1 aromatic rings. The van der Waals surface area contributed by atoms with Gasteiger partial charge in [0.2, 0.25) is 5.91 Å². The summed E-state index contributed by atoms with van der Waals surface area (Å²) in [5, 5.41) is 0. The van der Waals surface area contributed by atoms with Gasteiger partial charge in [0.1, 0.15) is 0 Å². The van der Waals surface area contributed by atoms with E-state index in [1.165, 1.54) is 4.90 Å². The van der Waals surface area contributed by atoms with Crippen LogP contribution >= 0.6 is 22.6 Å². The number of hydrogen-bond donors (Lipinski definition) is 0. The number of halogens is 1. The molecule has 0 saturated carbocycles. The van der Waals surface area contributed by atoms with Gasteiger partial charge in [-0.2, -0.15) is 0 Å². The number of nitrogens with zero attached hydrogens (tertiary/aromatic N) is 2. The van der Waals surface area contributed by atoms with Crippen molar-refractivity contribution in [3.05, 3.63) is 33.4 Å². The molecule has 0 radical (unpaired) electrons. The van der Waals surface area contributed by atoms with E-state index in [2.05, 4.69) is 22.6 Å². The summed E-state index contributed by atoms with van der Waals surface area (Å²) in [5.74, 6) is -0.0668. The van der Waals surface area contributed by atoms with Crippen LogP contribution in [0, 0.1) is 3.57 Å². The fraction of sp³-hybridized carbons (Fsp3) is 0.429. The third-order valence-corrected chi connectivity index (χ3v) is 3.99. The number of amides is 2. The van der Waals surface area contributed by atoms with Crippen LogP contribution in [0.3, 0.4) is 0 Å². The molecule has 2 rings (SSSR count). The average Bonchev–Trinajstić information content (AvgIpc) is 2.92. The van der Waals surface area contributed by atoms with E-state index in [1.807, 2.05) is 17.0 Å². The molecule has 0 atom stereocenters. The van der Waals surface area contributed by atoms with E-state index in [0.717, 1.165) is 29.5 Å². The Morgan fingerprint density at radius 3 is 2.37 bits per heavy atom. The topological polar surface area (TPSA) is 40.6 Å². The van der Waals surface area contributed by atoms with Crippen molar-refractivity contribution < 1.29 is 9.59 Å². The Morgan fingerprint density at radius 1 is 1.21 bits per heavy atom. The molecule has 19 heavy (non-hydrogen) atoms. The van der Waals surface area contributed by atoms with E-state index in [4.69, 9.17) is 0 Å². The van der Waals surface area contributed by atoms with Gasteiger partial charge in [-0.3, -0.25) is 9.59 Å². The summed E-state index contributed by atoms with van der Waals surface area (Å²) in [6.45, 7) is 1.81. The average molecular weight is 372 g/mol. The molecule has 0 N–H and O–H groups in total. The molecule has 2 amide bonds. The van der Waals surface area contributed by atoms with E-state index in [1.54, 1.807) is 19.2 Å². The number of benzene rings is 1. The van der Waals surface area contributed by atoms with Crippen LogP contribution in [0.15, 0.2) is 24.3 Å². The summed E-state index contributed by atoms with van der Waals surface area (Å²) >= 11 is 2.20. The zero-order valence-electron chi connectivity index (χ0n) is 10.9. The van der Waals surface area contributed by atoms with Crippen LogP contribution < -0.4 is 0 Å². The van der Waals surface area contributed by atoms with Gasteiger partial charge >= 0.3 is 0 Å². The molecule has 1 fully saturated rings. The molecule has 5 heteroatoms. The standard InChI is InChI=1S/C14H17IN2O2/c1-16(10-13(18)17-8-2-3-9-17)14(19)11-4-6-12(15)7-5-11/h4-7H,2-3,8-10H2,1H3. The Morgan fingerprint density at radius 2 is 1.79 bits per heavy atom. The first-order valence-electron chi connectivity index (χ1n) is 6.37. The van der Waals surface area contributed by atoms with Gasteiger partial charge in [-0.15, -0.1) is 0 Å². The van der Waals surface area contributed by atoms with E-state index in [-0.39, 0.29) is 18.4 Å². The van der Waals surface area contributed by atoms with Gasteiger partial charge in [0.15, 0.2) is 0 Å². The van der Waals surface area contributed by atoms with Gasteiger partial charge in [-0.1, -0.05) is 0 Å². The predicted octanol–water partition coefficient (Wildman–Crippen LogP) is 1.99. The number of carbonyl (C=O) groups is 2. The van der Waals surface area contributed by atoms with E-state index >= 15 is 0 Å². The third-order valence-electron chi connectivity index (χ3n) is 3.27. The molecule has 1 saturated heterocycles. The lowest BCUT2D eigenvalue weighted by Gasteiger charge is -2.21. The molecular formula is C14H17IN2O2. The molecule has 0 aromatic heterocycles. The quantitative estimate of drug-likeness (QED) is 0.762. The minimum Gasteiger partial charge on any atom is -0.341 e. The molecule has 1 aliphatic rings. The SMILES string of the molecule is CN(CC(=O)N1CCCC1)C(=O)c1ccc(I)cc1.